The lowest BCUT2D eigenvalue weighted by atomic mass is 10.1. The van der Waals surface area contributed by atoms with Crippen molar-refractivity contribution in [3.63, 3.8) is 0 Å². The molecule has 1 atom stereocenters. The van der Waals surface area contributed by atoms with Crippen molar-refractivity contribution in [2.75, 3.05) is 29.9 Å². The molecule has 4 nitrogen and oxygen atoms in total. The minimum atomic E-state index is 0.296. The summed E-state index contributed by atoms with van der Waals surface area (Å²) in [6.45, 7) is 4.53. The highest BCUT2D eigenvalue weighted by atomic mass is 16.2. The van der Waals surface area contributed by atoms with Crippen molar-refractivity contribution in [2.24, 2.45) is 0 Å². The van der Waals surface area contributed by atoms with Crippen molar-refractivity contribution in [3.05, 3.63) is 18.3 Å². The van der Waals surface area contributed by atoms with Crippen molar-refractivity contribution in [3.8, 4) is 0 Å². The number of hydrogen-bond acceptors (Lipinski definition) is 4. The minimum Gasteiger partial charge on any atom is -0.396 e. The number of pyridine rings is 1. The van der Waals surface area contributed by atoms with Gasteiger partial charge in [0.2, 0.25) is 0 Å². The molecule has 1 aromatic heterocycles. The zero-order chi connectivity index (χ0) is 13.5. The van der Waals surface area contributed by atoms with Crippen LogP contribution in [0, 0.1) is 0 Å². The number of aliphatic hydroxyl groups is 1. The Labute approximate surface area is 115 Å². The van der Waals surface area contributed by atoms with Gasteiger partial charge in [0, 0.05) is 43.7 Å². The van der Waals surface area contributed by atoms with Gasteiger partial charge in [-0.25, -0.2) is 4.98 Å². The third-order valence-corrected chi connectivity index (χ3v) is 3.70. The van der Waals surface area contributed by atoms with Crippen LogP contribution >= 0.6 is 0 Å². The van der Waals surface area contributed by atoms with Crippen LogP contribution in [-0.4, -0.2) is 35.8 Å². The molecule has 0 spiro atoms. The molecule has 2 heterocycles. The fourth-order valence-corrected chi connectivity index (χ4v) is 2.75. The monoisotopic (exact) mass is 263 g/mol. The van der Waals surface area contributed by atoms with Gasteiger partial charge in [0.05, 0.1) is 0 Å². The largest absolute Gasteiger partial charge is 0.396 e. The number of hydrogen-bond donors (Lipinski definition) is 2. The molecular formula is C15H25N3O. The van der Waals surface area contributed by atoms with E-state index in [2.05, 4.69) is 34.3 Å². The highest BCUT2D eigenvalue weighted by Crippen LogP contribution is 2.28. The molecule has 0 bridgehead atoms. The van der Waals surface area contributed by atoms with Crippen molar-refractivity contribution in [2.45, 2.75) is 45.1 Å². The van der Waals surface area contributed by atoms with Gasteiger partial charge in [0.1, 0.15) is 5.82 Å². The second kappa shape index (κ2) is 7.34. The van der Waals surface area contributed by atoms with Crippen molar-refractivity contribution in [1.29, 1.82) is 0 Å². The van der Waals surface area contributed by atoms with Crippen LogP contribution in [0.1, 0.15) is 39.0 Å². The quantitative estimate of drug-likeness (QED) is 0.794. The summed E-state index contributed by atoms with van der Waals surface area (Å²) < 4.78 is 0. The topological polar surface area (TPSA) is 48.4 Å². The van der Waals surface area contributed by atoms with Crippen LogP contribution in [0.4, 0.5) is 11.5 Å². The van der Waals surface area contributed by atoms with E-state index in [-0.39, 0.29) is 0 Å². The lowest BCUT2D eigenvalue weighted by Gasteiger charge is -2.27. The molecule has 0 aliphatic carbocycles. The van der Waals surface area contributed by atoms with Crippen molar-refractivity contribution >= 4 is 11.5 Å². The van der Waals surface area contributed by atoms with Gasteiger partial charge in [-0.3, -0.25) is 0 Å². The molecule has 1 aliphatic heterocycles. The van der Waals surface area contributed by atoms with Crippen molar-refractivity contribution in [1.82, 2.24) is 4.98 Å². The maximum absolute atomic E-state index is 8.99. The Balaban J connectivity index is 2.03. The summed E-state index contributed by atoms with van der Waals surface area (Å²) in [5, 5.41) is 12.3. The molecule has 1 aliphatic rings. The Morgan fingerprint density at radius 2 is 2.42 bits per heavy atom. The Morgan fingerprint density at radius 1 is 1.53 bits per heavy atom. The van der Waals surface area contributed by atoms with Crippen LogP contribution < -0.4 is 10.2 Å². The molecule has 1 unspecified atom stereocenters. The van der Waals surface area contributed by atoms with Gasteiger partial charge in [-0.15, -0.1) is 0 Å². The average molecular weight is 263 g/mol. The minimum absolute atomic E-state index is 0.296. The highest BCUT2D eigenvalue weighted by molar-refractivity contribution is 5.55. The van der Waals surface area contributed by atoms with Crippen LogP contribution in [-0.2, 0) is 0 Å². The van der Waals surface area contributed by atoms with E-state index in [1.807, 2.05) is 6.20 Å². The first-order valence-corrected chi connectivity index (χ1v) is 7.42. The molecule has 4 heteroatoms. The molecule has 0 amide bonds. The summed E-state index contributed by atoms with van der Waals surface area (Å²) in [4.78, 5) is 6.82. The third-order valence-electron chi connectivity index (χ3n) is 3.70. The van der Waals surface area contributed by atoms with Gasteiger partial charge in [-0.2, -0.15) is 0 Å². The fourth-order valence-electron chi connectivity index (χ4n) is 2.75. The van der Waals surface area contributed by atoms with E-state index in [0.29, 0.717) is 12.6 Å². The standard InChI is InChI=1S/C15H25N3O/c1-2-8-16-15-12-14(7-9-17-15)18-10-3-5-13(18)6-4-11-19/h7,9,12-13,19H,2-6,8,10-11H2,1H3,(H,16,17). The number of nitrogens with one attached hydrogen (secondary N) is 1. The Morgan fingerprint density at radius 3 is 3.21 bits per heavy atom. The number of rotatable bonds is 7. The first kappa shape index (κ1) is 14.1. The van der Waals surface area contributed by atoms with Crippen LogP contribution in [0.15, 0.2) is 18.3 Å². The van der Waals surface area contributed by atoms with E-state index < -0.39 is 0 Å². The second-order valence-corrected chi connectivity index (χ2v) is 5.18. The summed E-state index contributed by atoms with van der Waals surface area (Å²) in [5.41, 5.74) is 1.26. The summed E-state index contributed by atoms with van der Waals surface area (Å²) in [6.07, 6.45) is 7.45. The molecule has 0 aromatic carbocycles. The van der Waals surface area contributed by atoms with E-state index in [1.165, 1.54) is 18.5 Å². The van der Waals surface area contributed by atoms with Crippen LogP contribution in [0.3, 0.4) is 0 Å². The van der Waals surface area contributed by atoms with Gasteiger partial charge in [-0.05, 0) is 38.2 Å². The Hall–Kier alpha value is -1.29. The summed E-state index contributed by atoms with van der Waals surface area (Å²) in [7, 11) is 0. The molecule has 1 saturated heterocycles. The van der Waals surface area contributed by atoms with E-state index in [0.717, 1.165) is 38.2 Å². The maximum Gasteiger partial charge on any atom is 0.127 e. The maximum atomic E-state index is 8.99. The molecule has 1 fully saturated rings. The van der Waals surface area contributed by atoms with Gasteiger partial charge in [-0.1, -0.05) is 6.92 Å². The normalized spacial score (nSPS) is 18.8. The summed E-state index contributed by atoms with van der Waals surface area (Å²) in [5.74, 6) is 0.965. The first-order chi connectivity index (χ1) is 9.35. The van der Waals surface area contributed by atoms with Gasteiger partial charge >= 0.3 is 0 Å². The van der Waals surface area contributed by atoms with E-state index >= 15 is 0 Å². The van der Waals surface area contributed by atoms with E-state index in [1.54, 1.807) is 0 Å². The smallest absolute Gasteiger partial charge is 0.127 e. The van der Waals surface area contributed by atoms with Crippen LogP contribution in [0.2, 0.25) is 0 Å². The molecular weight excluding hydrogens is 238 g/mol. The number of aliphatic hydroxyl groups excluding tert-OH is 1. The Bertz CT molecular complexity index is 383. The van der Waals surface area contributed by atoms with E-state index in [9.17, 15) is 0 Å². The molecule has 19 heavy (non-hydrogen) atoms. The van der Waals surface area contributed by atoms with Gasteiger partial charge in [0.25, 0.3) is 0 Å². The molecule has 0 radical (unpaired) electrons. The summed E-state index contributed by atoms with van der Waals surface area (Å²) >= 11 is 0. The van der Waals surface area contributed by atoms with Crippen molar-refractivity contribution < 1.29 is 5.11 Å². The molecule has 2 N–H and O–H groups in total. The number of anilines is 2. The zero-order valence-electron chi connectivity index (χ0n) is 11.8. The van der Waals surface area contributed by atoms with Gasteiger partial charge in [0.15, 0.2) is 0 Å². The summed E-state index contributed by atoms with van der Waals surface area (Å²) in [6, 6.07) is 4.81. The molecule has 2 rings (SSSR count). The first-order valence-electron chi connectivity index (χ1n) is 7.42. The predicted octanol–water partition coefficient (Wildman–Crippen LogP) is 2.64. The van der Waals surface area contributed by atoms with E-state index in [4.69, 9.17) is 5.11 Å². The highest BCUT2D eigenvalue weighted by Gasteiger charge is 2.24. The SMILES string of the molecule is CCCNc1cc(N2CCCC2CCCO)ccn1. The lowest BCUT2D eigenvalue weighted by Crippen LogP contribution is -2.29. The lowest BCUT2D eigenvalue weighted by molar-refractivity contribution is 0.279. The number of nitrogens with zero attached hydrogens (tertiary/aromatic N) is 2. The zero-order valence-corrected chi connectivity index (χ0v) is 11.8. The molecule has 1 aromatic rings. The van der Waals surface area contributed by atoms with Crippen LogP contribution in [0.25, 0.3) is 0 Å². The molecule has 106 valence electrons. The van der Waals surface area contributed by atoms with Crippen LogP contribution in [0.5, 0.6) is 0 Å². The fraction of sp³-hybridized carbons (Fsp3) is 0.667. The second-order valence-electron chi connectivity index (χ2n) is 5.18. The predicted molar refractivity (Wildman–Crippen MR) is 79.7 cm³/mol. The average Bonchev–Trinajstić information content (AvgIpc) is 2.91. The molecule has 0 saturated carbocycles. The number of aromatic nitrogens is 1. The Kier molecular flexibility index (Phi) is 5.45. The third kappa shape index (κ3) is 3.83. The van der Waals surface area contributed by atoms with Gasteiger partial charge < -0.3 is 15.3 Å².